The molecule has 2 aromatic heterocycles. The number of rotatable bonds is 3. The fraction of sp³-hybridized carbons (Fsp3) is 0.0625. The van der Waals surface area contributed by atoms with Gasteiger partial charge in [0.2, 0.25) is 0 Å². The molecule has 1 N–H and O–H groups in total. The highest BCUT2D eigenvalue weighted by atomic mass is 35.5. The van der Waals surface area contributed by atoms with Crippen molar-refractivity contribution in [2.75, 3.05) is 5.01 Å². The summed E-state index contributed by atoms with van der Waals surface area (Å²) in [5.41, 5.74) is 1.59. The van der Waals surface area contributed by atoms with Crippen molar-refractivity contribution in [3.8, 4) is 11.3 Å². The maximum atomic E-state index is 12.5. The zero-order chi connectivity index (χ0) is 18.3. The maximum Gasteiger partial charge on any atom is 0.293 e. The Morgan fingerprint density at radius 3 is 2.81 bits per heavy atom. The predicted molar refractivity (Wildman–Crippen MR) is 96.9 cm³/mol. The standard InChI is InChI=1S/C16H10Cl2N6O2/c1-8-12(15(25)24(21-8)16-19-22-23-20-16)7-10-3-5-14(26-10)11-4-2-9(17)6-13(11)18/h2-7H,1H3,(H,19,20,22,23)/b12-7-. The summed E-state index contributed by atoms with van der Waals surface area (Å²) >= 11 is 12.1. The molecular formula is C16H10Cl2N6O2. The summed E-state index contributed by atoms with van der Waals surface area (Å²) in [4.78, 5) is 12.5. The smallest absolute Gasteiger partial charge is 0.293 e. The summed E-state index contributed by atoms with van der Waals surface area (Å²) in [5, 5.41) is 19.5. The first-order valence-electron chi connectivity index (χ1n) is 7.43. The van der Waals surface area contributed by atoms with E-state index in [1.54, 1.807) is 43.3 Å². The number of H-pyrrole nitrogens is 1. The minimum absolute atomic E-state index is 0.0748. The quantitative estimate of drug-likeness (QED) is 0.691. The van der Waals surface area contributed by atoms with Crippen molar-refractivity contribution in [2.24, 2.45) is 5.10 Å². The van der Waals surface area contributed by atoms with Crippen LogP contribution in [0, 0.1) is 0 Å². The molecule has 1 aliphatic rings. The number of tetrazole rings is 1. The van der Waals surface area contributed by atoms with Crippen LogP contribution in [0.3, 0.4) is 0 Å². The number of halogens is 2. The van der Waals surface area contributed by atoms with Crippen molar-refractivity contribution in [3.63, 3.8) is 0 Å². The lowest BCUT2D eigenvalue weighted by Crippen LogP contribution is -2.22. The first-order chi connectivity index (χ1) is 12.5. The molecule has 4 rings (SSSR count). The molecule has 0 aliphatic carbocycles. The van der Waals surface area contributed by atoms with E-state index < -0.39 is 0 Å². The maximum absolute atomic E-state index is 12.5. The van der Waals surface area contributed by atoms with E-state index in [1.165, 1.54) is 0 Å². The van der Waals surface area contributed by atoms with Crippen molar-refractivity contribution in [1.29, 1.82) is 0 Å². The number of nitrogens with one attached hydrogen (secondary N) is 1. The first-order valence-corrected chi connectivity index (χ1v) is 8.19. The molecule has 1 aliphatic heterocycles. The SMILES string of the molecule is CC1=NN(c2nn[nH]n2)C(=O)/C1=C\c1ccc(-c2ccc(Cl)cc2Cl)o1. The third kappa shape index (κ3) is 2.89. The van der Waals surface area contributed by atoms with Crippen LogP contribution in [0.5, 0.6) is 0 Å². The lowest BCUT2D eigenvalue weighted by Gasteiger charge is -2.04. The summed E-state index contributed by atoms with van der Waals surface area (Å²) < 4.78 is 5.80. The fourth-order valence-electron chi connectivity index (χ4n) is 2.47. The second kappa shape index (κ2) is 6.40. The lowest BCUT2D eigenvalue weighted by molar-refractivity contribution is -0.114. The largest absolute Gasteiger partial charge is 0.457 e. The minimum atomic E-state index is -0.369. The Balaban J connectivity index is 1.64. The number of hydrogen-bond donors (Lipinski definition) is 1. The third-order valence-electron chi connectivity index (χ3n) is 3.70. The van der Waals surface area contributed by atoms with Crippen LogP contribution in [0.1, 0.15) is 12.7 Å². The van der Waals surface area contributed by atoms with E-state index >= 15 is 0 Å². The Labute approximate surface area is 157 Å². The van der Waals surface area contributed by atoms with Gasteiger partial charge in [0.25, 0.3) is 11.9 Å². The number of aromatic nitrogens is 4. The van der Waals surface area contributed by atoms with Gasteiger partial charge in [0.15, 0.2) is 0 Å². The van der Waals surface area contributed by atoms with Crippen molar-refractivity contribution in [3.05, 3.63) is 51.7 Å². The molecule has 0 bridgehead atoms. The van der Waals surface area contributed by atoms with E-state index in [-0.39, 0.29) is 11.9 Å². The van der Waals surface area contributed by atoms with Gasteiger partial charge in [-0.15, -0.1) is 5.10 Å². The van der Waals surface area contributed by atoms with E-state index in [9.17, 15) is 4.79 Å². The number of hydrogen-bond acceptors (Lipinski definition) is 6. The minimum Gasteiger partial charge on any atom is -0.457 e. The Kier molecular flexibility index (Phi) is 4.06. The monoisotopic (exact) mass is 388 g/mol. The van der Waals surface area contributed by atoms with Gasteiger partial charge >= 0.3 is 0 Å². The highest BCUT2D eigenvalue weighted by molar-refractivity contribution is 6.36. The van der Waals surface area contributed by atoms with Crippen LogP contribution in [0.4, 0.5) is 5.95 Å². The van der Waals surface area contributed by atoms with E-state index in [4.69, 9.17) is 27.6 Å². The molecule has 1 aromatic carbocycles. The van der Waals surface area contributed by atoms with Gasteiger partial charge in [-0.2, -0.15) is 15.3 Å². The normalized spacial score (nSPS) is 15.8. The van der Waals surface area contributed by atoms with Crippen molar-refractivity contribution in [2.45, 2.75) is 6.92 Å². The van der Waals surface area contributed by atoms with Gasteiger partial charge in [0.05, 0.1) is 16.3 Å². The molecule has 0 spiro atoms. The fourth-order valence-corrected chi connectivity index (χ4v) is 2.97. The van der Waals surface area contributed by atoms with Gasteiger partial charge in [-0.3, -0.25) is 4.79 Å². The molecule has 0 saturated carbocycles. The molecule has 0 unspecified atom stereocenters. The lowest BCUT2D eigenvalue weighted by atomic mass is 10.1. The van der Waals surface area contributed by atoms with Crippen molar-refractivity contribution >= 4 is 46.8 Å². The number of aromatic amines is 1. The Morgan fingerprint density at radius 1 is 1.23 bits per heavy atom. The summed E-state index contributed by atoms with van der Waals surface area (Å²) in [6, 6.07) is 8.64. The molecule has 0 radical (unpaired) electrons. The Hall–Kier alpha value is -2.97. The summed E-state index contributed by atoms with van der Waals surface area (Å²) in [6.45, 7) is 1.71. The van der Waals surface area contributed by atoms with Crippen LogP contribution in [0.15, 0.2) is 45.4 Å². The number of anilines is 1. The Morgan fingerprint density at radius 2 is 2.08 bits per heavy atom. The number of carbonyl (C=O) groups is 1. The molecular weight excluding hydrogens is 379 g/mol. The first kappa shape index (κ1) is 16.5. The molecule has 0 fully saturated rings. The van der Waals surface area contributed by atoms with Crippen LogP contribution >= 0.6 is 23.2 Å². The zero-order valence-corrected chi connectivity index (χ0v) is 14.8. The predicted octanol–water partition coefficient (Wildman–Crippen LogP) is 3.57. The zero-order valence-electron chi connectivity index (χ0n) is 13.3. The number of amides is 1. The van der Waals surface area contributed by atoms with Gasteiger partial charge in [-0.25, -0.2) is 0 Å². The second-order valence-corrected chi connectivity index (χ2v) is 6.24. The molecule has 26 heavy (non-hydrogen) atoms. The number of hydrazone groups is 1. The summed E-state index contributed by atoms with van der Waals surface area (Å²) in [6.07, 6.45) is 1.61. The van der Waals surface area contributed by atoms with E-state index in [0.29, 0.717) is 38.4 Å². The van der Waals surface area contributed by atoms with Gasteiger partial charge in [0.1, 0.15) is 11.5 Å². The average molecular weight is 389 g/mol. The number of furan rings is 1. The number of benzene rings is 1. The van der Waals surface area contributed by atoms with Crippen LogP contribution in [-0.4, -0.2) is 32.2 Å². The van der Waals surface area contributed by atoms with E-state index in [1.807, 2.05) is 0 Å². The van der Waals surface area contributed by atoms with E-state index in [0.717, 1.165) is 5.01 Å². The molecule has 10 heteroatoms. The van der Waals surface area contributed by atoms with E-state index in [2.05, 4.69) is 25.7 Å². The van der Waals surface area contributed by atoms with Gasteiger partial charge < -0.3 is 4.42 Å². The van der Waals surface area contributed by atoms with Crippen molar-refractivity contribution < 1.29 is 9.21 Å². The van der Waals surface area contributed by atoms with Gasteiger partial charge in [-0.05, 0) is 48.5 Å². The van der Waals surface area contributed by atoms with Crippen LogP contribution < -0.4 is 5.01 Å². The highest BCUT2D eigenvalue weighted by Gasteiger charge is 2.31. The average Bonchev–Trinajstić information content (AvgIpc) is 3.32. The van der Waals surface area contributed by atoms with Gasteiger partial charge in [0, 0.05) is 10.6 Å². The van der Waals surface area contributed by atoms with Crippen molar-refractivity contribution in [1.82, 2.24) is 20.6 Å². The van der Waals surface area contributed by atoms with Crippen LogP contribution in [-0.2, 0) is 4.79 Å². The number of carbonyl (C=O) groups excluding carboxylic acids is 1. The molecule has 3 heterocycles. The van der Waals surface area contributed by atoms with Crippen LogP contribution in [0.25, 0.3) is 17.4 Å². The molecule has 0 saturated heterocycles. The van der Waals surface area contributed by atoms with Gasteiger partial charge in [-0.1, -0.05) is 28.3 Å². The highest BCUT2D eigenvalue weighted by Crippen LogP contribution is 2.32. The molecule has 1 amide bonds. The molecule has 8 nitrogen and oxygen atoms in total. The van der Waals surface area contributed by atoms with Crippen LogP contribution in [0.2, 0.25) is 10.0 Å². The number of nitrogens with zero attached hydrogens (tertiary/aromatic N) is 5. The summed E-state index contributed by atoms with van der Waals surface area (Å²) in [7, 11) is 0. The molecule has 130 valence electrons. The third-order valence-corrected chi connectivity index (χ3v) is 4.24. The molecule has 0 atom stereocenters. The Bertz CT molecular complexity index is 1050. The topological polar surface area (TPSA) is 100 Å². The second-order valence-electron chi connectivity index (χ2n) is 5.40. The summed E-state index contributed by atoms with van der Waals surface area (Å²) in [5.74, 6) is 0.754. The molecule has 3 aromatic rings.